The summed E-state index contributed by atoms with van der Waals surface area (Å²) in [5, 5.41) is 0. The Hall–Kier alpha value is -1.97. The summed E-state index contributed by atoms with van der Waals surface area (Å²) in [4.78, 5) is 0. The summed E-state index contributed by atoms with van der Waals surface area (Å²) in [5.74, 6) is 2.23. The third-order valence-corrected chi connectivity index (χ3v) is 4.32. The van der Waals surface area contributed by atoms with E-state index in [1.165, 1.54) is 0 Å². The van der Waals surface area contributed by atoms with E-state index in [0.29, 0.717) is 0 Å². The van der Waals surface area contributed by atoms with Crippen LogP contribution in [-0.4, -0.2) is 17.6 Å². The number of hydrogen-bond acceptors (Lipinski definition) is 3. The fraction of sp³-hybridized carbons (Fsp3) is 0. The van der Waals surface area contributed by atoms with Crippen LogP contribution in [-0.2, 0) is 0 Å². The molecule has 0 aliphatic heterocycles. The molecule has 0 N–H and O–H groups in total. The fourth-order valence-electron chi connectivity index (χ4n) is 1.90. The molecule has 0 heterocycles. The maximum atomic E-state index is 5.92. The summed E-state index contributed by atoms with van der Waals surface area (Å²) in [7, 11) is -2.41. The third kappa shape index (κ3) is 5.62. The van der Waals surface area contributed by atoms with Gasteiger partial charge in [0.2, 0.25) is 0 Å². The van der Waals surface area contributed by atoms with Crippen molar-refractivity contribution >= 4 is 26.2 Å². The van der Waals surface area contributed by atoms with E-state index in [1.807, 2.05) is 91.0 Å². The van der Waals surface area contributed by atoms with Crippen LogP contribution < -0.4 is 13.6 Å². The molecule has 0 radical (unpaired) electrons. The molecule has 0 aromatic heterocycles. The van der Waals surface area contributed by atoms with Crippen molar-refractivity contribution in [3.05, 3.63) is 91.0 Å². The van der Waals surface area contributed by atoms with Crippen LogP contribution in [0, 0.1) is 0 Å². The molecule has 0 unspecified atom stereocenters. The first-order valence-electron chi connectivity index (χ1n) is 7.05. The van der Waals surface area contributed by atoms with Gasteiger partial charge in [-0.2, -0.15) is 0 Å². The van der Waals surface area contributed by atoms with Gasteiger partial charge in [0, 0.05) is 0 Å². The van der Waals surface area contributed by atoms with Gasteiger partial charge in [-0.3, -0.25) is 0 Å². The van der Waals surface area contributed by atoms with Crippen molar-refractivity contribution in [1.29, 1.82) is 0 Å². The molecule has 0 amide bonds. The van der Waals surface area contributed by atoms with Crippen LogP contribution in [0.25, 0.3) is 0 Å². The van der Waals surface area contributed by atoms with E-state index < -0.39 is 8.60 Å². The number of para-hydroxylation sites is 3. The van der Waals surface area contributed by atoms with E-state index in [-0.39, 0.29) is 17.6 Å². The molecular weight excluding hydrogens is 368 g/mol. The quantitative estimate of drug-likeness (QED) is 0.478. The fourth-order valence-corrected chi connectivity index (χ4v) is 3.19. The van der Waals surface area contributed by atoms with Crippen molar-refractivity contribution < 1.29 is 13.6 Å². The van der Waals surface area contributed by atoms with Crippen molar-refractivity contribution in [2.75, 3.05) is 0 Å². The van der Waals surface area contributed by atoms with Crippen molar-refractivity contribution in [3.63, 3.8) is 0 Å². The Kier molecular flexibility index (Phi) is 6.98. The SMILES string of the molecule is [GeH4].c1ccc(O[PH2](Oc2ccccc2)Oc2ccccc2)cc1. The second-order valence-corrected chi connectivity index (χ2v) is 5.87. The Morgan fingerprint density at radius 1 is 0.435 bits per heavy atom. The summed E-state index contributed by atoms with van der Waals surface area (Å²) in [6.07, 6.45) is 0. The monoisotopic (exact) mass is 390 g/mol. The molecule has 0 aliphatic rings. The topological polar surface area (TPSA) is 27.7 Å². The number of hydrogen-bond donors (Lipinski definition) is 0. The molecule has 3 rings (SSSR count). The molecule has 5 heteroatoms. The zero-order valence-electron chi connectivity index (χ0n) is 12.0. The van der Waals surface area contributed by atoms with E-state index >= 15 is 0 Å². The minimum absolute atomic E-state index is 0. The first-order valence-corrected chi connectivity index (χ1v) is 8.47. The first kappa shape index (κ1) is 17.4. The standard InChI is InChI=1S/C18H17O3P.GeH4/c1-4-10-16(11-5-1)19-22(20-17-12-6-2-7-13-17)21-18-14-8-3-9-15-18;/h1-15H,22H2;1H4. The van der Waals surface area contributed by atoms with Gasteiger partial charge in [-0.15, -0.1) is 0 Å². The van der Waals surface area contributed by atoms with Crippen LogP contribution in [0.2, 0.25) is 0 Å². The molecule has 0 saturated heterocycles. The molecule has 3 aromatic carbocycles. The van der Waals surface area contributed by atoms with Crippen LogP contribution in [0.4, 0.5) is 0 Å². The Morgan fingerprint density at radius 2 is 0.696 bits per heavy atom. The summed E-state index contributed by atoms with van der Waals surface area (Å²) in [5.41, 5.74) is 0. The Bertz CT molecular complexity index is 582. The minimum atomic E-state index is -2.41. The van der Waals surface area contributed by atoms with Gasteiger partial charge >= 0.3 is 148 Å². The Labute approximate surface area is 148 Å². The molecule has 0 bridgehead atoms. The molecule has 3 nitrogen and oxygen atoms in total. The zero-order chi connectivity index (χ0) is 15.0. The van der Waals surface area contributed by atoms with Gasteiger partial charge < -0.3 is 0 Å². The first-order chi connectivity index (χ1) is 10.9. The van der Waals surface area contributed by atoms with Gasteiger partial charge in [-0.25, -0.2) is 0 Å². The predicted octanol–water partition coefficient (Wildman–Crippen LogP) is 3.46. The van der Waals surface area contributed by atoms with Crippen molar-refractivity contribution in [2.45, 2.75) is 0 Å². The average molecular weight is 389 g/mol. The van der Waals surface area contributed by atoms with Crippen LogP contribution >= 0.6 is 8.60 Å². The van der Waals surface area contributed by atoms with Gasteiger partial charge in [0.15, 0.2) is 0 Å². The molecule has 120 valence electrons. The average Bonchev–Trinajstić information content (AvgIpc) is 2.57. The van der Waals surface area contributed by atoms with E-state index in [4.69, 9.17) is 13.6 Å². The third-order valence-electron chi connectivity index (χ3n) is 2.93. The molecular formula is C18H21GeO3P. The van der Waals surface area contributed by atoms with Crippen molar-refractivity contribution in [1.82, 2.24) is 0 Å². The van der Waals surface area contributed by atoms with Gasteiger partial charge in [0.1, 0.15) is 0 Å². The Balaban J connectivity index is 0.00000192. The molecule has 3 aromatic rings. The van der Waals surface area contributed by atoms with E-state index in [2.05, 4.69) is 0 Å². The summed E-state index contributed by atoms with van der Waals surface area (Å²) < 4.78 is 17.8. The summed E-state index contributed by atoms with van der Waals surface area (Å²) in [6.45, 7) is 0. The second kappa shape index (κ2) is 9.23. The molecule has 0 saturated carbocycles. The molecule has 23 heavy (non-hydrogen) atoms. The van der Waals surface area contributed by atoms with Gasteiger partial charge in [0.25, 0.3) is 0 Å². The van der Waals surface area contributed by atoms with E-state index in [1.54, 1.807) is 0 Å². The van der Waals surface area contributed by atoms with Crippen molar-refractivity contribution in [3.8, 4) is 17.2 Å². The van der Waals surface area contributed by atoms with E-state index in [0.717, 1.165) is 17.2 Å². The van der Waals surface area contributed by atoms with Crippen molar-refractivity contribution in [2.24, 2.45) is 0 Å². The predicted molar refractivity (Wildman–Crippen MR) is 102 cm³/mol. The Morgan fingerprint density at radius 3 is 0.957 bits per heavy atom. The van der Waals surface area contributed by atoms with Gasteiger partial charge in [0.05, 0.1) is 0 Å². The molecule has 0 aliphatic carbocycles. The van der Waals surface area contributed by atoms with Crippen LogP contribution in [0.1, 0.15) is 0 Å². The number of benzene rings is 3. The summed E-state index contributed by atoms with van der Waals surface area (Å²) >= 11 is 0. The summed E-state index contributed by atoms with van der Waals surface area (Å²) in [6, 6.07) is 28.7. The zero-order valence-corrected chi connectivity index (χ0v) is 13.1. The molecule has 0 atom stereocenters. The van der Waals surface area contributed by atoms with Crippen LogP contribution in [0.3, 0.4) is 0 Å². The maximum absolute atomic E-state index is 5.92. The molecule has 0 spiro atoms. The normalized spacial score (nSPS) is 10.2. The van der Waals surface area contributed by atoms with E-state index in [9.17, 15) is 0 Å². The number of rotatable bonds is 6. The van der Waals surface area contributed by atoms with Crippen LogP contribution in [0.15, 0.2) is 91.0 Å². The van der Waals surface area contributed by atoms with Crippen LogP contribution in [0.5, 0.6) is 17.2 Å². The van der Waals surface area contributed by atoms with Gasteiger partial charge in [-0.1, -0.05) is 0 Å². The second-order valence-electron chi connectivity index (χ2n) is 4.58. The van der Waals surface area contributed by atoms with Gasteiger partial charge in [-0.05, 0) is 0 Å². The molecule has 0 fully saturated rings.